The van der Waals surface area contributed by atoms with Gasteiger partial charge in [-0.15, -0.1) is 0 Å². The van der Waals surface area contributed by atoms with E-state index in [0.717, 1.165) is 16.7 Å². The smallest absolute Gasteiger partial charge is 0.254 e. The zero-order chi connectivity index (χ0) is 21.3. The van der Waals surface area contributed by atoms with E-state index < -0.39 is 9.84 Å². The lowest BCUT2D eigenvalue weighted by Gasteiger charge is -2.11. The summed E-state index contributed by atoms with van der Waals surface area (Å²) in [6, 6.07) is 11.8. The van der Waals surface area contributed by atoms with E-state index in [1.54, 1.807) is 59.4 Å². The molecule has 7 nitrogen and oxygen atoms in total. The maximum atomic E-state index is 13.0. The van der Waals surface area contributed by atoms with Crippen molar-refractivity contribution in [1.29, 1.82) is 0 Å². The van der Waals surface area contributed by atoms with Gasteiger partial charge < -0.3 is 5.32 Å². The summed E-state index contributed by atoms with van der Waals surface area (Å²) in [5.41, 5.74) is 2.88. The van der Waals surface area contributed by atoms with Crippen LogP contribution >= 0.6 is 0 Å². The summed E-state index contributed by atoms with van der Waals surface area (Å²) in [7, 11) is -3.60. The summed E-state index contributed by atoms with van der Waals surface area (Å²) in [5, 5.41) is 2.82. The maximum absolute atomic E-state index is 13.0. The molecule has 2 heterocycles. The zero-order valence-corrected chi connectivity index (χ0v) is 17.3. The average molecular weight is 420 g/mol. The number of benzene rings is 2. The molecule has 4 aromatic rings. The molecule has 0 fully saturated rings. The molecule has 2 aromatic heterocycles. The van der Waals surface area contributed by atoms with Crippen LogP contribution in [0.5, 0.6) is 0 Å². The Hall–Kier alpha value is -3.52. The molecule has 0 unspecified atom stereocenters. The predicted molar refractivity (Wildman–Crippen MR) is 112 cm³/mol. The van der Waals surface area contributed by atoms with Gasteiger partial charge in [0.25, 0.3) is 5.91 Å². The Morgan fingerprint density at radius 1 is 1.07 bits per heavy atom. The highest BCUT2D eigenvalue weighted by Crippen LogP contribution is 2.25. The third-order valence-electron chi connectivity index (χ3n) is 5.04. The number of sulfone groups is 1. The minimum Gasteiger partial charge on any atom is -0.348 e. The molecule has 1 N–H and O–H groups in total. The van der Waals surface area contributed by atoms with Gasteiger partial charge in [-0.3, -0.25) is 9.20 Å². The average Bonchev–Trinajstić information content (AvgIpc) is 3.22. The lowest BCUT2D eigenvalue weighted by Crippen LogP contribution is -2.23. The molecule has 0 saturated heterocycles. The summed E-state index contributed by atoms with van der Waals surface area (Å²) in [5.74, 6) is 0.248. The standard InChI is InChI=1S/C22H20N4O3S/c1-15-4-3-5-20(16(15)2)30(28,29)19-8-6-17(7-9-19)12-24-21(27)18-13-25-22-23-10-11-26(22)14-18/h3-11,13-14H,12H2,1-2H3,(H,24,27). The van der Waals surface area contributed by atoms with E-state index in [9.17, 15) is 13.2 Å². The summed E-state index contributed by atoms with van der Waals surface area (Å²) < 4.78 is 27.6. The Morgan fingerprint density at radius 3 is 2.60 bits per heavy atom. The molecule has 4 rings (SSSR count). The topological polar surface area (TPSA) is 93.4 Å². The van der Waals surface area contributed by atoms with E-state index in [1.165, 1.54) is 6.20 Å². The molecule has 0 aliphatic carbocycles. The number of aryl methyl sites for hydroxylation is 1. The number of hydrogen-bond donors (Lipinski definition) is 1. The summed E-state index contributed by atoms with van der Waals surface area (Å²) in [6.07, 6.45) is 6.45. The first-order valence-electron chi connectivity index (χ1n) is 9.33. The van der Waals surface area contributed by atoms with Crippen LogP contribution in [-0.2, 0) is 16.4 Å². The highest BCUT2D eigenvalue weighted by Gasteiger charge is 2.20. The van der Waals surface area contributed by atoms with Crippen LogP contribution in [0.15, 0.2) is 77.0 Å². The number of aromatic nitrogens is 3. The number of carbonyl (C=O) groups is 1. The molecular formula is C22H20N4O3S. The normalized spacial score (nSPS) is 11.5. The highest BCUT2D eigenvalue weighted by atomic mass is 32.2. The quantitative estimate of drug-likeness (QED) is 0.535. The van der Waals surface area contributed by atoms with Crippen LogP contribution in [0.2, 0.25) is 0 Å². The van der Waals surface area contributed by atoms with Gasteiger partial charge in [-0.2, -0.15) is 0 Å². The molecule has 0 atom stereocenters. The molecule has 8 heteroatoms. The summed E-state index contributed by atoms with van der Waals surface area (Å²) in [4.78, 5) is 21.1. The molecule has 30 heavy (non-hydrogen) atoms. The molecule has 152 valence electrons. The molecule has 0 radical (unpaired) electrons. The number of imidazole rings is 1. The molecular weight excluding hydrogens is 400 g/mol. The second-order valence-electron chi connectivity index (χ2n) is 7.01. The van der Waals surface area contributed by atoms with Gasteiger partial charge in [0.05, 0.1) is 15.4 Å². The van der Waals surface area contributed by atoms with Crippen molar-refractivity contribution in [1.82, 2.24) is 19.7 Å². The van der Waals surface area contributed by atoms with Crippen molar-refractivity contribution in [3.8, 4) is 0 Å². The van der Waals surface area contributed by atoms with Crippen LogP contribution in [-0.4, -0.2) is 28.7 Å². The molecule has 0 bridgehead atoms. The fourth-order valence-electron chi connectivity index (χ4n) is 3.15. The number of amides is 1. The minimum absolute atomic E-state index is 0.223. The van der Waals surface area contributed by atoms with Crippen molar-refractivity contribution >= 4 is 21.5 Å². The third-order valence-corrected chi connectivity index (χ3v) is 6.95. The van der Waals surface area contributed by atoms with Crippen LogP contribution < -0.4 is 5.32 Å². The van der Waals surface area contributed by atoms with Gasteiger partial charge in [0.1, 0.15) is 0 Å². The van der Waals surface area contributed by atoms with Gasteiger partial charge in [-0.25, -0.2) is 18.4 Å². The van der Waals surface area contributed by atoms with Crippen molar-refractivity contribution in [2.24, 2.45) is 0 Å². The molecule has 0 aliphatic rings. The first-order valence-corrected chi connectivity index (χ1v) is 10.8. The molecule has 1 amide bonds. The van der Waals surface area contributed by atoms with Crippen molar-refractivity contribution in [2.45, 2.75) is 30.2 Å². The van der Waals surface area contributed by atoms with Crippen LogP contribution in [0.4, 0.5) is 0 Å². The Morgan fingerprint density at radius 2 is 1.83 bits per heavy atom. The number of nitrogens with zero attached hydrogens (tertiary/aromatic N) is 3. The Kier molecular flexibility index (Phi) is 5.09. The van der Waals surface area contributed by atoms with E-state index in [0.29, 0.717) is 16.2 Å². The van der Waals surface area contributed by atoms with Gasteiger partial charge >= 0.3 is 0 Å². The lowest BCUT2D eigenvalue weighted by molar-refractivity contribution is 0.0950. The molecule has 0 aliphatic heterocycles. The predicted octanol–water partition coefficient (Wildman–Crippen LogP) is 3.11. The fourth-order valence-corrected chi connectivity index (χ4v) is 4.72. The van der Waals surface area contributed by atoms with Crippen molar-refractivity contribution < 1.29 is 13.2 Å². The van der Waals surface area contributed by atoms with Gasteiger partial charge in [-0.05, 0) is 48.7 Å². The highest BCUT2D eigenvalue weighted by molar-refractivity contribution is 7.91. The van der Waals surface area contributed by atoms with Crippen molar-refractivity contribution in [3.63, 3.8) is 0 Å². The maximum Gasteiger partial charge on any atom is 0.254 e. The van der Waals surface area contributed by atoms with Crippen LogP contribution in [0.3, 0.4) is 0 Å². The number of fused-ring (bicyclic) bond motifs is 1. The molecule has 2 aromatic carbocycles. The number of carbonyl (C=O) groups excluding carboxylic acids is 1. The van der Waals surface area contributed by atoms with E-state index in [4.69, 9.17) is 0 Å². The summed E-state index contributed by atoms with van der Waals surface area (Å²) >= 11 is 0. The van der Waals surface area contributed by atoms with Crippen LogP contribution in [0.25, 0.3) is 5.78 Å². The molecule has 0 spiro atoms. The SMILES string of the molecule is Cc1cccc(S(=O)(=O)c2ccc(CNC(=O)c3cnc4nccn4c3)cc2)c1C. The van der Waals surface area contributed by atoms with Gasteiger partial charge in [-0.1, -0.05) is 24.3 Å². The first-order chi connectivity index (χ1) is 14.4. The Balaban J connectivity index is 1.48. The monoisotopic (exact) mass is 420 g/mol. The minimum atomic E-state index is -3.60. The lowest BCUT2D eigenvalue weighted by atomic mass is 10.1. The van der Waals surface area contributed by atoms with Crippen LogP contribution in [0.1, 0.15) is 27.0 Å². The number of hydrogen-bond acceptors (Lipinski definition) is 5. The molecule has 0 saturated carbocycles. The van der Waals surface area contributed by atoms with Crippen molar-refractivity contribution in [3.05, 3.63) is 89.5 Å². The fraction of sp³-hybridized carbons (Fsp3) is 0.136. The second kappa shape index (κ2) is 7.72. The van der Waals surface area contributed by atoms with E-state index in [1.807, 2.05) is 19.9 Å². The van der Waals surface area contributed by atoms with Gasteiger partial charge in [0.15, 0.2) is 0 Å². The van der Waals surface area contributed by atoms with E-state index in [2.05, 4.69) is 15.3 Å². The summed E-state index contributed by atoms with van der Waals surface area (Å²) in [6.45, 7) is 3.97. The number of rotatable bonds is 5. The van der Waals surface area contributed by atoms with Gasteiger partial charge in [0.2, 0.25) is 15.6 Å². The Bertz CT molecular complexity index is 1340. The first kappa shape index (κ1) is 19.8. The largest absolute Gasteiger partial charge is 0.348 e. The van der Waals surface area contributed by atoms with Crippen molar-refractivity contribution in [2.75, 3.05) is 0 Å². The van der Waals surface area contributed by atoms with E-state index >= 15 is 0 Å². The zero-order valence-electron chi connectivity index (χ0n) is 16.5. The number of nitrogens with one attached hydrogen (secondary N) is 1. The third kappa shape index (κ3) is 3.69. The van der Waals surface area contributed by atoms with Crippen LogP contribution in [0, 0.1) is 13.8 Å². The van der Waals surface area contributed by atoms with E-state index in [-0.39, 0.29) is 17.3 Å². The Labute approximate surface area is 174 Å². The second-order valence-corrected chi connectivity index (χ2v) is 8.92. The van der Waals surface area contributed by atoms with Gasteiger partial charge in [0, 0.05) is 31.3 Å².